The Labute approximate surface area is 180 Å². The first-order valence-corrected chi connectivity index (χ1v) is 10.5. The molecule has 0 aliphatic carbocycles. The molecule has 2 fully saturated rings. The molecule has 160 valence electrons. The molecular weight excluding hydrogens is 396 g/mol. The lowest BCUT2D eigenvalue weighted by Crippen LogP contribution is -2.52. The van der Waals surface area contributed by atoms with Gasteiger partial charge < -0.3 is 14.5 Å². The monoisotopic (exact) mass is 420 g/mol. The first-order valence-electron chi connectivity index (χ1n) is 10.5. The Hall–Kier alpha value is -3.32. The summed E-state index contributed by atoms with van der Waals surface area (Å²) in [6.45, 7) is 2.48. The highest BCUT2D eigenvalue weighted by molar-refractivity contribution is 6.49. The zero-order chi connectivity index (χ0) is 21.8. The standard InChI is InChI=1S/C24H24N2O5/c27-21(17-5-2-1-3-6-17)22(28)18-8-10-19(11-9-18)23(29)25-12-14-26(15-13-25)24(30)20-7-4-16-31-20/h1-3,5-6,8-11,20H,4,7,12-16H2. The number of carbonyl (C=O) groups is 4. The molecule has 1 atom stereocenters. The van der Waals surface area contributed by atoms with Gasteiger partial charge in [0, 0.05) is 49.5 Å². The maximum Gasteiger partial charge on any atom is 0.253 e. The van der Waals surface area contributed by atoms with Gasteiger partial charge in [-0.3, -0.25) is 19.2 Å². The van der Waals surface area contributed by atoms with E-state index in [1.54, 1.807) is 52.3 Å². The fourth-order valence-corrected chi connectivity index (χ4v) is 3.90. The summed E-state index contributed by atoms with van der Waals surface area (Å²) in [4.78, 5) is 53.5. The zero-order valence-electron chi connectivity index (χ0n) is 17.2. The third-order valence-corrected chi connectivity index (χ3v) is 5.72. The lowest BCUT2D eigenvalue weighted by molar-refractivity contribution is -0.142. The first kappa shape index (κ1) is 20.9. The minimum absolute atomic E-state index is 0.00977. The third kappa shape index (κ3) is 4.56. The SMILES string of the molecule is O=C(C(=O)c1ccc(C(=O)N2CCN(C(=O)C3CCCO3)CC2)cc1)c1ccccc1. The average molecular weight is 420 g/mol. The summed E-state index contributed by atoms with van der Waals surface area (Å²) >= 11 is 0. The summed E-state index contributed by atoms with van der Waals surface area (Å²) < 4.78 is 5.46. The van der Waals surface area contributed by atoms with Gasteiger partial charge in [-0.05, 0) is 25.0 Å². The van der Waals surface area contributed by atoms with Crippen molar-refractivity contribution in [1.82, 2.24) is 9.80 Å². The van der Waals surface area contributed by atoms with Gasteiger partial charge in [-0.2, -0.15) is 0 Å². The first-order chi connectivity index (χ1) is 15.0. The van der Waals surface area contributed by atoms with Crippen LogP contribution < -0.4 is 0 Å². The van der Waals surface area contributed by atoms with Crippen molar-refractivity contribution in [3.05, 3.63) is 71.3 Å². The van der Waals surface area contributed by atoms with Crippen LogP contribution >= 0.6 is 0 Å². The van der Waals surface area contributed by atoms with Crippen LogP contribution in [-0.2, 0) is 9.53 Å². The number of Topliss-reactive ketones (excluding diaryl/α,β-unsaturated/α-hetero) is 2. The molecule has 0 saturated carbocycles. The molecule has 4 rings (SSSR count). The van der Waals surface area contributed by atoms with E-state index >= 15 is 0 Å². The second-order valence-electron chi connectivity index (χ2n) is 7.72. The molecule has 2 saturated heterocycles. The minimum Gasteiger partial charge on any atom is -0.368 e. The molecule has 0 bridgehead atoms. The molecule has 2 amide bonds. The van der Waals surface area contributed by atoms with E-state index in [0.717, 1.165) is 12.8 Å². The number of carbonyl (C=O) groups excluding carboxylic acids is 4. The van der Waals surface area contributed by atoms with Crippen molar-refractivity contribution >= 4 is 23.4 Å². The van der Waals surface area contributed by atoms with Crippen LogP contribution in [0.5, 0.6) is 0 Å². The molecule has 0 radical (unpaired) electrons. The van der Waals surface area contributed by atoms with Crippen LogP contribution in [0, 0.1) is 0 Å². The maximum atomic E-state index is 12.8. The van der Waals surface area contributed by atoms with E-state index in [4.69, 9.17) is 4.74 Å². The van der Waals surface area contributed by atoms with Gasteiger partial charge in [-0.15, -0.1) is 0 Å². The molecule has 2 heterocycles. The number of amides is 2. The predicted molar refractivity (Wildman–Crippen MR) is 113 cm³/mol. The second kappa shape index (κ2) is 9.22. The van der Waals surface area contributed by atoms with Gasteiger partial charge in [0.25, 0.3) is 11.8 Å². The molecule has 31 heavy (non-hydrogen) atoms. The molecule has 7 heteroatoms. The van der Waals surface area contributed by atoms with E-state index in [1.807, 2.05) is 0 Å². The van der Waals surface area contributed by atoms with E-state index in [0.29, 0.717) is 43.9 Å². The summed E-state index contributed by atoms with van der Waals surface area (Å²) in [6, 6.07) is 14.5. The van der Waals surface area contributed by atoms with Crippen molar-refractivity contribution in [2.75, 3.05) is 32.8 Å². The van der Waals surface area contributed by atoms with E-state index in [9.17, 15) is 19.2 Å². The minimum atomic E-state index is -0.605. The molecule has 7 nitrogen and oxygen atoms in total. The zero-order valence-corrected chi connectivity index (χ0v) is 17.2. The Kier molecular flexibility index (Phi) is 6.23. The van der Waals surface area contributed by atoms with Crippen molar-refractivity contribution in [1.29, 1.82) is 0 Å². The summed E-state index contributed by atoms with van der Waals surface area (Å²) in [6.07, 6.45) is 1.33. The number of ether oxygens (including phenoxy) is 1. The molecule has 2 aromatic rings. The van der Waals surface area contributed by atoms with Crippen molar-refractivity contribution < 1.29 is 23.9 Å². The van der Waals surface area contributed by atoms with Gasteiger partial charge in [0.2, 0.25) is 11.6 Å². The van der Waals surface area contributed by atoms with Crippen LogP contribution in [0.2, 0.25) is 0 Å². The number of hydrogen-bond acceptors (Lipinski definition) is 5. The van der Waals surface area contributed by atoms with Gasteiger partial charge in [0.15, 0.2) is 0 Å². The number of piperazine rings is 1. The van der Waals surface area contributed by atoms with Gasteiger partial charge in [0.1, 0.15) is 6.10 Å². The largest absolute Gasteiger partial charge is 0.368 e. The van der Waals surface area contributed by atoms with Crippen molar-refractivity contribution in [2.24, 2.45) is 0 Å². The lowest BCUT2D eigenvalue weighted by Gasteiger charge is -2.35. The van der Waals surface area contributed by atoms with Crippen LogP contribution in [0.4, 0.5) is 0 Å². The third-order valence-electron chi connectivity index (χ3n) is 5.72. The molecule has 0 N–H and O–H groups in total. The highest BCUT2D eigenvalue weighted by atomic mass is 16.5. The van der Waals surface area contributed by atoms with E-state index in [1.165, 1.54) is 12.1 Å². The summed E-state index contributed by atoms with van der Waals surface area (Å²) in [7, 11) is 0. The molecule has 0 spiro atoms. The number of nitrogens with zero attached hydrogens (tertiary/aromatic N) is 2. The van der Waals surface area contributed by atoms with Gasteiger partial charge in [-0.25, -0.2) is 0 Å². The molecule has 0 aromatic heterocycles. The molecule has 2 aromatic carbocycles. The number of rotatable bonds is 5. The number of hydrogen-bond donors (Lipinski definition) is 0. The van der Waals surface area contributed by atoms with Crippen LogP contribution in [0.25, 0.3) is 0 Å². The van der Waals surface area contributed by atoms with E-state index in [-0.39, 0.29) is 23.5 Å². The maximum absolute atomic E-state index is 12.8. The summed E-state index contributed by atoms with van der Waals surface area (Å²) in [5.41, 5.74) is 1.03. The van der Waals surface area contributed by atoms with Gasteiger partial charge in [0.05, 0.1) is 0 Å². The molecular formula is C24H24N2O5. The van der Waals surface area contributed by atoms with Gasteiger partial charge >= 0.3 is 0 Å². The normalized spacial score (nSPS) is 18.6. The molecule has 2 aliphatic rings. The fourth-order valence-electron chi connectivity index (χ4n) is 3.90. The quantitative estimate of drug-likeness (QED) is 0.547. The Morgan fingerprint density at radius 1 is 0.710 bits per heavy atom. The highest BCUT2D eigenvalue weighted by Crippen LogP contribution is 2.17. The second-order valence-corrected chi connectivity index (χ2v) is 7.72. The fraction of sp³-hybridized carbons (Fsp3) is 0.333. The predicted octanol–water partition coefficient (Wildman–Crippen LogP) is 2.22. The Bertz CT molecular complexity index is 973. The highest BCUT2D eigenvalue weighted by Gasteiger charge is 2.31. The van der Waals surface area contributed by atoms with E-state index in [2.05, 4.69) is 0 Å². The Balaban J connectivity index is 1.35. The summed E-state index contributed by atoms with van der Waals surface area (Å²) in [5.74, 6) is -1.33. The Morgan fingerprint density at radius 2 is 1.26 bits per heavy atom. The number of ketones is 2. The van der Waals surface area contributed by atoms with Crippen LogP contribution in [-0.4, -0.2) is 72.1 Å². The van der Waals surface area contributed by atoms with Crippen LogP contribution in [0.3, 0.4) is 0 Å². The van der Waals surface area contributed by atoms with Crippen molar-refractivity contribution in [2.45, 2.75) is 18.9 Å². The van der Waals surface area contributed by atoms with Crippen molar-refractivity contribution in [3.8, 4) is 0 Å². The average Bonchev–Trinajstić information content (AvgIpc) is 3.38. The Morgan fingerprint density at radius 3 is 1.84 bits per heavy atom. The smallest absolute Gasteiger partial charge is 0.253 e. The van der Waals surface area contributed by atoms with E-state index < -0.39 is 11.6 Å². The molecule has 2 aliphatic heterocycles. The van der Waals surface area contributed by atoms with Crippen LogP contribution in [0.1, 0.15) is 43.9 Å². The molecule has 1 unspecified atom stereocenters. The van der Waals surface area contributed by atoms with Crippen molar-refractivity contribution in [3.63, 3.8) is 0 Å². The number of benzene rings is 2. The lowest BCUT2D eigenvalue weighted by atomic mass is 10.0. The van der Waals surface area contributed by atoms with Crippen LogP contribution in [0.15, 0.2) is 54.6 Å². The topological polar surface area (TPSA) is 84.0 Å². The van der Waals surface area contributed by atoms with Gasteiger partial charge in [-0.1, -0.05) is 42.5 Å². The summed E-state index contributed by atoms with van der Waals surface area (Å²) in [5, 5.41) is 0.